The van der Waals surface area contributed by atoms with E-state index < -0.39 is 0 Å². The topological polar surface area (TPSA) is 30.5 Å². The number of ether oxygens (including phenoxy) is 2. The SMILES string of the molecule is CC(C)NCC(OC1CCOC1)c1ccc(F)cc1. The van der Waals surface area contributed by atoms with Crippen molar-refractivity contribution >= 4 is 0 Å². The van der Waals surface area contributed by atoms with E-state index in [0.717, 1.165) is 25.1 Å². The van der Waals surface area contributed by atoms with Gasteiger partial charge in [0.05, 0.1) is 18.8 Å². The molecule has 1 aliphatic heterocycles. The highest BCUT2D eigenvalue weighted by Gasteiger charge is 2.22. The number of halogens is 1. The molecule has 1 fully saturated rings. The molecule has 19 heavy (non-hydrogen) atoms. The smallest absolute Gasteiger partial charge is 0.123 e. The Kier molecular flexibility index (Phi) is 5.31. The third-order valence-corrected chi connectivity index (χ3v) is 3.20. The second-order valence-corrected chi connectivity index (χ2v) is 5.22. The van der Waals surface area contributed by atoms with Crippen LogP contribution >= 0.6 is 0 Å². The van der Waals surface area contributed by atoms with Gasteiger partial charge in [-0.15, -0.1) is 0 Å². The van der Waals surface area contributed by atoms with Crippen molar-refractivity contribution in [2.24, 2.45) is 0 Å². The lowest BCUT2D eigenvalue weighted by Crippen LogP contribution is -2.31. The van der Waals surface area contributed by atoms with Crippen molar-refractivity contribution in [3.63, 3.8) is 0 Å². The molecule has 2 rings (SSSR count). The summed E-state index contributed by atoms with van der Waals surface area (Å²) >= 11 is 0. The fourth-order valence-electron chi connectivity index (χ4n) is 2.12. The predicted octanol–water partition coefficient (Wildman–Crippen LogP) is 2.67. The van der Waals surface area contributed by atoms with E-state index in [0.29, 0.717) is 12.6 Å². The molecule has 1 aliphatic rings. The van der Waals surface area contributed by atoms with Crippen LogP contribution in [0.4, 0.5) is 4.39 Å². The highest BCUT2D eigenvalue weighted by atomic mass is 19.1. The molecule has 2 atom stereocenters. The molecule has 2 unspecified atom stereocenters. The van der Waals surface area contributed by atoms with Crippen molar-refractivity contribution in [2.75, 3.05) is 19.8 Å². The van der Waals surface area contributed by atoms with Crippen LogP contribution in [0.5, 0.6) is 0 Å². The van der Waals surface area contributed by atoms with Gasteiger partial charge >= 0.3 is 0 Å². The average molecular weight is 267 g/mol. The van der Waals surface area contributed by atoms with E-state index in [-0.39, 0.29) is 18.0 Å². The van der Waals surface area contributed by atoms with Crippen molar-refractivity contribution in [3.8, 4) is 0 Å². The summed E-state index contributed by atoms with van der Waals surface area (Å²) in [5.74, 6) is -0.219. The first-order valence-electron chi connectivity index (χ1n) is 6.87. The van der Waals surface area contributed by atoms with E-state index >= 15 is 0 Å². The molecular weight excluding hydrogens is 245 g/mol. The molecule has 0 bridgehead atoms. The molecule has 3 nitrogen and oxygen atoms in total. The molecule has 1 aromatic rings. The quantitative estimate of drug-likeness (QED) is 0.859. The van der Waals surface area contributed by atoms with Gasteiger partial charge in [0.15, 0.2) is 0 Å². The highest BCUT2D eigenvalue weighted by molar-refractivity contribution is 5.19. The summed E-state index contributed by atoms with van der Waals surface area (Å²) in [5.41, 5.74) is 1.00. The van der Waals surface area contributed by atoms with Crippen molar-refractivity contribution in [1.29, 1.82) is 0 Å². The van der Waals surface area contributed by atoms with Crippen LogP contribution in [-0.2, 0) is 9.47 Å². The van der Waals surface area contributed by atoms with Gasteiger partial charge in [0, 0.05) is 19.2 Å². The molecule has 0 spiro atoms. The molecule has 0 aromatic heterocycles. The summed E-state index contributed by atoms with van der Waals surface area (Å²) in [6.45, 7) is 6.33. The standard InChI is InChI=1S/C15H22FNO2/c1-11(2)17-9-15(19-14-7-8-18-10-14)12-3-5-13(16)6-4-12/h3-6,11,14-15,17H,7-10H2,1-2H3. The average Bonchev–Trinajstić information content (AvgIpc) is 2.88. The lowest BCUT2D eigenvalue weighted by Gasteiger charge is -2.23. The summed E-state index contributed by atoms with van der Waals surface area (Å²) in [6, 6.07) is 6.93. The van der Waals surface area contributed by atoms with Gasteiger partial charge in [0.1, 0.15) is 5.82 Å². The van der Waals surface area contributed by atoms with E-state index in [4.69, 9.17) is 9.47 Å². The van der Waals surface area contributed by atoms with E-state index in [1.807, 2.05) is 0 Å². The minimum Gasteiger partial charge on any atom is -0.379 e. The summed E-state index contributed by atoms with van der Waals surface area (Å²) in [6.07, 6.45) is 1.01. The van der Waals surface area contributed by atoms with Gasteiger partial charge in [-0.1, -0.05) is 26.0 Å². The molecule has 0 aliphatic carbocycles. The Balaban J connectivity index is 2.01. The molecule has 0 saturated carbocycles. The maximum Gasteiger partial charge on any atom is 0.123 e. The Morgan fingerprint density at radius 1 is 1.37 bits per heavy atom. The van der Waals surface area contributed by atoms with Crippen molar-refractivity contribution < 1.29 is 13.9 Å². The van der Waals surface area contributed by atoms with Gasteiger partial charge in [-0.2, -0.15) is 0 Å². The van der Waals surface area contributed by atoms with Gasteiger partial charge < -0.3 is 14.8 Å². The molecule has 1 aromatic carbocycles. The molecule has 106 valence electrons. The minimum atomic E-state index is -0.219. The third-order valence-electron chi connectivity index (χ3n) is 3.20. The first kappa shape index (κ1) is 14.4. The van der Waals surface area contributed by atoms with Gasteiger partial charge in [0.2, 0.25) is 0 Å². The number of hydrogen-bond donors (Lipinski definition) is 1. The highest BCUT2D eigenvalue weighted by Crippen LogP contribution is 2.22. The van der Waals surface area contributed by atoms with Gasteiger partial charge in [-0.05, 0) is 24.1 Å². The van der Waals surface area contributed by atoms with Crippen LogP contribution in [0, 0.1) is 5.82 Å². The Morgan fingerprint density at radius 2 is 2.11 bits per heavy atom. The molecule has 1 heterocycles. The molecule has 4 heteroatoms. The monoisotopic (exact) mass is 267 g/mol. The predicted molar refractivity (Wildman–Crippen MR) is 72.6 cm³/mol. The molecular formula is C15H22FNO2. The Bertz CT molecular complexity index is 374. The lowest BCUT2D eigenvalue weighted by molar-refractivity contribution is -0.0172. The second-order valence-electron chi connectivity index (χ2n) is 5.22. The fraction of sp³-hybridized carbons (Fsp3) is 0.600. The molecule has 1 N–H and O–H groups in total. The first-order chi connectivity index (χ1) is 9.15. The zero-order valence-corrected chi connectivity index (χ0v) is 11.6. The summed E-state index contributed by atoms with van der Waals surface area (Å²) in [5, 5.41) is 3.37. The van der Waals surface area contributed by atoms with Crippen LogP contribution in [0.25, 0.3) is 0 Å². The number of nitrogens with one attached hydrogen (secondary N) is 1. The van der Waals surface area contributed by atoms with Crippen LogP contribution < -0.4 is 5.32 Å². The summed E-state index contributed by atoms with van der Waals surface area (Å²) in [7, 11) is 0. The zero-order valence-electron chi connectivity index (χ0n) is 11.6. The Labute approximate surface area is 114 Å². The number of hydrogen-bond acceptors (Lipinski definition) is 3. The zero-order chi connectivity index (χ0) is 13.7. The normalized spacial score (nSPS) is 20.9. The molecule has 0 radical (unpaired) electrons. The Morgan fingerprint density at radius 3 is 2.68 bits per heavy atom. The van der Waals surface area contributed by atoms with E-state index in [1.165, 1.54) is 12.1 Å². The van der Waals surface area contributed by atoms with Crippen LogP contribution in [0.3, 0.4) is 0 Å². The largest absolute Gasteiger partial charge is 0.379 e. The van der Waals surface area contributed by atoms with Gasteiger partial charge in [0.25, 0.3) is 0 Å². The maximum absolute atomic E-state index is 13.0. The van der Waals surface area contributed by atoms with E-state index in [9.17, 15) is 4.39 Å². The van der Waals surface area contributed by atoms with Crippen LogP contribution in [0.15, 0.2) is 24.3 Å². The third kappa shape index (κ3) is 4.56. The number of benzene rings is 1. The summed E-state index contributed by atoms with van der Waals surface area (Å²) in [4.78, 5) is 0. The minimum absolute atomic E-state index is 0.0605. The second kappa shape index (κ2) is 6.98. The first-order valence-corrected chi connectivity index (χ1v) is 6.87. The van der Waals surface area contributed by atoms with Gasteiger partial charge in [-0.3, -0.25) is 0 Å². The van der Waals surface area contributed by atoms with Crippen LogP contribution in [0.2, 0.25) is 0 Å². The van der Waals surface area contributed by atoms with Gasteiger partial charge in [-0.25, -0.2) is 4.39 Å². The van der Waals surface area contributed by atoms with Crippen molar-refractivity contribution in [2.45, 2.75) is 38.5 Å². The fourth-order valence-corrected chi connectivity index (χ4v) is 2.12. The van der Waals surface area contributed by atoms with Crippen LogP contribution in [0.1, 0.15) is 31.9 Å². The van der Waals surface area contributed by atoms with Crippen LogP contribution in [-0.4, -0.2) is 31.9 Å². The molecule has 0 amide bonds. The number of rotatable bonds is 6. The van der Waals surface area contributed by atoms with E-state index in [1.54, 1.807) is 12.1 Å². The van der Waals surface area contributed by atoms with Crippen molar-refractivity contribution in [1.82, 2.24) is 5.32 Å². The maximum atomic E-state index is 13.0. The Hall–Kier alpha value is -0.970. The lowest BCUT2D eigenvalue weighted by atomic mass is 10.1. The summed E-state index contributed by atoms with van der Waals surface area (Å²) < 4.78 is 24.4. The molecule has 1 saturated heterocycles. The van der Waals surface area contributed by atoms with Crippen molar-refractivity contribution in [3.05, 3.63) is 35.6 Å². The van der Waals surface area contributed by atoms with E-state index in [2.05, 4.69) is 19.2 Å².